The van der Waals surface area contributed by atoms with Crippen LogP contribution in [0.5, 0.6) is 0 Å². The Hall–Kier alpha value is -5.32. The minimum atomic E-state index is -1.12. The average molecular weight is 1160 g/mol. The van der Waals surface area contributed by atoms with Crippen LogP contribution in [0.15, 0.2) is 0 Å². The van der Waals surface area contributed by atoms with E-state index < -0.39 is 89.1 Å². The number of aliphatic carboxylic acids is 1. The van der Waals surface area contributed by atoms with Crippen molar-refractivity contribution in [2.24, 2.45) is 5.73 Å². The SMILES string of the molecule is CC(C)(C)OC(=O)N1C[C@@H](N)C[C@H]1C(=O)N1CCOCC1.CC(C)(C)OC(=O)N1C[C@@H](O)C[C@H]1C(=O)N1CCOCC1.CC(C)(C)OC(=O)N1C[C@@H](O)C[C@H]1C(=O)O.CN(C)[C@H]1C[C@@H](C(=O)N2CCOCC2)N(C(=O)OC(C)(C)C)C1. The number of amides is 7. The fourth-order valence-electron chi connectivity index (χ4n) is 9.69. The lowest BCUT2D eigenvalue weighted by Crippen LogP contribution is -2.51. The number of rotatable bonds is 5. The fourth-order valence-corrected chi connectivity index (χ4v) is 9.69. The number of β-amino-alcohol motifs (C(OH)–C–C–N with tert-alkyl or cyclic N) is 2. The van der Waals surface area contributed by atoms with Gasteiger partial charge in [0, 0.05) is 77.3 Å². The molecule has 81 heavy (non-hydrogen) atoms. The molecule has 27 nitrogen and oxygen atoms in total. The highest BCUT2D eigenvalue weighted by atomic mass is 16.6. The Morgan fingerprint density at radius 3 is 1.01 bits per heavy atom. The molecule has 0 saturated carbocycles. The molecule has 0 aromatic heterocycles. The molecule has 464 valence electrons. The molecule has 0 aromatic carbocycles. The van der Waals surface area contributed by atoms with Gasteiger partial charge in [-0.2, -0.15) is 0 Å². The predicted octanol–water partition coefficient (Wildman–Crippen LogP) is 1.62. The first-order valence-corrected chi connectivity index (χ1v) is 28.0. The molecule has 7 aliphatic heterocycles. The predicted molar refractivity (Wildman–Crippen MR) is 293 cm³/mol. The molecule has 0 radical (unpaired) electrons. The number of nitrogens with zero attached hydrogens (tertiary/aromatic N) is 8. The number of aliphatic hydroxyl groups excluding tert-OH is 2. The van der Waals surface area contributed by atoms with Crippen LogP contribution < -0.4 is 5.73 Å². The van der Waals surface area contributed by atoms with E-state index in [0.29, 0.717) is 105 Å². The number of carbonyl (C=O) groups excluding carboxylic acids is 7. The molecule has 27 heteroatoms. The van der Waals surface area contributed by atoms with Crippen LogP contribution in [0.4, 0.5) is 19.2 Å². The Morgan fingerprint density at radius 2 is 0.704 bits per heavy atom. The molecule has 8 atom stereocenters. The largest absolute Gasteiger partial charge is 0.480 e. The van der Waals surface area contributed by atoms with Crippen molar-refractivity contribution in [3.05, 3.63) is 0 Å². The highest BCUT2D eigenvalue weighted by molar-refractivity contribution is 5.88. The Bertz CT molecular complexity index is 2050. The molecule has 0 aliphatic carbocycles. The molecule has 7 amide bonds. The highest BCUT2D eigenvalue weighted by Crippen LogP contribution is 2.28. The molecule has 5 N–H and O–H groups in total. The van der Waals surface area contributed by atoms with Crippen molar-refractivity contribution in [2.45, 2.75) is 180 Å². The number of nitrogens with two attached hydrogens (primary N) is 1. The number of carboxylic acid groups (broad SMARTS) is 1. The Balaban J connectivity index is 0.000000234. The minimum absolute atomic E-state index is 0.00325. The van der Waals surface area contributed by atoms with Gasteiger partial charge in [0.1, 0.15) is 46.6 Å². The molecule has 7 aliphatic rings. The van der Waals surface area contributed by atoms with Crippen LogP contribution >= 0.6 is 0 Å². The molecular formula is C54H95N9O18. The summed E-state index contributed by atoms with van der Waals surface area (Å²) in [4.78, 5) is 110. The van der Waals surface area contributed by atoms with Gasteiger partial charge in [-0.15, -0.1) is 0 Å². The number of carboxylic acids is 1. The molecule has 0 spiro atoms. The summed E-state index contributed by atoms with van der Waals surface area (Å²) in [6.07, 6.45) is -2.18. The molecule has 7 saturated heterocycles. The van der Waals surface area contributed by atoms with Crippen molar-refractivity contribution in [3.63, 3.8) is 0 Å². The smallest absolute Gasteiger partial charge is 0.411 e. The third kappa shape index (κ3) is 21.7. The molecule has 0 bridgehead atoms. The van der Waals surface area contributed by atoms with E-state index in [2.05, 4.69) is 4.90 Å². The second-order valence-electron chi connectivity index (χ2n) is 25.4. The van der Waals surface area contributed by atoms with Crippen LogP contribution in [0.1, 0.15) is 109 Å². The number of likely N-dealkylation sites (tertiary alicyclic amines) is 4. The van der Waals surface area contributed by atoms with Gasteiger partial charge in [-0.25, -0.2) is 24.0 Å². The number of aliphatic hydroxyl groups is 2. The standard InChI is InChI=1S/C16H29N3O4.C14H25N3O4.C14H24N2O5.C10H17NO5/c1-16(2,3)23-15(21)19-11-12(17(4)5)10-13(19)14(20)18-6-8-22-9-7-18;1-14(2,3)21-13(19)17-9-10(15)8-11(17)12(18)16-4-6-20-7-5-16;1-14(2,3)21-13(19)16-9-10(17)8-11(16)12(18)15-4-6-20-7-5-15;1-10(2,3)16-9(15)11-5-6(12)4-7(11)8(13)14/h12-13H,6-11H2,1-5H3;10-11H,4-9,15H2,1-3H3;10-11,17H,4-9H2,1-3H3;6-7,12H,4-5H2,1-3H3,(H,13,14)/t12-,13-;2*10-,11-;6-,7-/m0000/s1. The van der Waals surface area contributed by atoms with Crippen molar-refractivity contribution in [1.82, 2.24) is 39.2 Å². The van der Waals surface area contributed by atoms with Gasteiger partial charge in [0.2, 0.25) is 17.7 Å². The summed E-state index contributed by atoms with van der Waals surface area (Å²) < 4.78 is 37.0. The number of likely N-dealkylation sites (N-methyl/N-ethyl adjacent to an activating group) is 1. The lowest BCUT2D eigenvalue weighted by Gasteiger charge is -2.33. The van der Waals surface area contributed by atoms with Crippen LogP contribution in [0.25, 0.3) is 0 Å². The first-order chi connectivity index (χ1) is 37.4. The number of morpholine rings is 3. The van der Waals surface area contributed by atoms with Crippen LogP contribution in [0, 0.1) is 0 Å². The maximum Gasteiger partial charge on any atom is 0.411 e. The zero-order valence-electron chi connectivity index (χ0n) is 50.4. The van der Waals surface area contributed by atoms with Crippen molar-refractivity contribution in [1.29, 1.82) is 0 Å². The van der Waals surface area contributed by atoms with Crippen LogP contribution in [0.2, 0.25) is 0 Å². The number of hydrogen-bond acceptors (Lipinski definition) is 19. The first kappa shape index (κ1) is 68.2. The lowest BCUT2D eigenvalue weighted by atomic mass is 10.1. The number of ether oxygens (including phenoxy) is 7. The second-order valence-corrected chi connectivity index (χ2v) is 25.4. The summed E-state index contributed by atoms with van der Waals surface area (Å²) >= 11 is 0. The van der Waals surface area contributed by atoms with E-state index in [4.69, 9.17) is 44.0 Å². The second kappa shape index (κ2) is 29.3. The lowest BCUT2D eigenvalue weighted by molar-refractivity contribution is -0.142. The van der Waals surface area contributed by atoms with E-state index in [1.807, 2.05) is 34.9 Å². The van der Waals surface area contributed by atoms with Gasteiger partial charge in [0.05, 0.1) is 64.9 Å². The maximum absolute atomic E-state index is 12.9. The summed E-state index contributed by atoms with van der Waals surface area (Å²) in [6, 6.07) is -2.63. The zero-order chi connectivity index (χ0) is 60.9. The summed E-state index contributed by atoms with van der Waals surface area (Å²) in [5.74, 6) is -1.32. The monoisotopic (exact) mass is 1160 g/mol. The average Bonchev–Trinajstić information content (AvgIpc) is 4.23. The van der Waals surface area contributed by atoms with Gasteiger partial charge in [-0.05, 0) is 110 Å². The van der Waals surface area contributed by atoms with E-state index in [-0.39, 0.29) is 55.7 Å². The van der Waals surface area contributed by atoms with E-state index >= 15 is 0 Å². The summed E-state index contributed by atoms with van der Waals surface area (Å²) in [5.41, 5.74) is 3.48. The molecule has 0 unspecified atom stereocenters. The van der Waals surface area contributed by atoms with E-state index in [0.717, 1.165) is 4.90 Å². The van der Waals surface area contributed by atoms with E-state index in [1.54, 1.807) is 81.9 Å². The summed E-state index contributed by atoms with van der Waals surface area (Å²) in [5, 5.41) is 28.1. The van der Waals surface area contributed by atoms with Crippen molar-refractivity contribution < 1.29 is 86.8 Å². The third-order valence-electron chi connectivity index (χ3n) is 13.5. The molecule has 0 aromatic rings. The van der Waals surface area contributed by atoms with Gasteiger partial charge < -0.3 is 73.8 Å². The van der Waals surface area contributed by atoms with Crippen LogP contribution in [-0.2, 0) is 52.3 Å². The molecular weight excluding hydrogens is 1060 g/mol. The van der Waals surface area contributed by atoms with Crippen LogP contribution in [-0.4, -0.2) is 293 Å². The van der Waals surface area contributed by atoms with Gasteiger partial charge >= 0.3 is 30.3 Å². The number of hydrogen-bond donors (Lipinski definition) is 4. The summed E-state index contributed by atoms with van der Waals surface area (Å²) in [7, 11) is 3.94. The van der Waals surface area contributed by atoms with Crippen molar-refractivity contribution in [2.75, 3.05) is 119 Å². The third-order valence-corrected chi connectivity index (χ3v) is 13.5. The Morgan fingerprint density at radius 1 is 0.432 bits per heavy atom. The van der Waals surface area contributed by atoms with Crippen molar-refractivity contribution >= 4 is 48.1 Å². The van der Waals surface area contributed by atoms with Gasteiger partial charge in [0.25, 0.3) is 0 Å². The van der Waals surface area contributed by atoms with Gasteiger partial charge in [-0.1, -0.05) is 0 Å². The quantitative estimate of drug-likeness (QED) is 0.284. The van der Waals surface area contributed by atoms with E-state index in [1.165, 1.54) is 9.80 Å². The minimum Gasteiger partial charge on any atom is -0.480 e. The van der Waals surface area contributed by atoms with E-state index in [9.17, 15) is 48.6 Å². The zero-order valence-corrected chi connectivity index (χ0v) is 50.4. The van der Waals surface area contributed by atoms with Gasteiger partial charge in [-0.3, -0.25) is 34.0 Å². The normalized spacial score (nSPS) is 26.3. The summed E-state index contributed by atoms with van der Waals surface area (Å²) in [6.45, 7) is 28.9. The topological polar surface area (TPSA) is 314 Å². The fraction of sp³-hybridized carbons (Fsp3) is 0.852. The first-order valence-electron chi connectivity index (χ1n) is 28.0. The Labute approximate surface area is 477 Å². The molecule has 7 rings (SSSR count). The Kier molecular flexibility index (Phi) is 24.6. The van der Waals surface area contributed by atoms with Gasteiger partial charge in [0.15, 0.2) is 0 Å². The van der Waals surface area contributed by atoms with Crippen molar-refractivity contribution in [3.8, 4) is 0 Å². The number of carbonyl (C=O) groups is 8. The van der Waals surface area contributed by atoms with Crippen LogP contribution in [0.3, 0.4) is 0 Å². The highest BCUT2D eigenvalue weighted by Gasteiger charge is 2.46. The molecule has 7 fully saturated rings. The molecule has 7 heterocycles. The maximum atomic E-state index is 12.9.